The van der Waals surface area contributed by atoms with Crippen molar-refractivity contribution >= 4 is 34.5 Å². The lowest BCUT2D eigenvalue weighted by atomic mass is 10.2. The third-order valence-electron chi connectivity index (χ3n) is 5.03. The van der Waals surface area contributed by atoms with Crippen LogP contribution in [0.3, 0.4) is 0 Å². The molecule has 0 radical (unpaired) electrons. The van der Waals surface area contributed by atoms with Gasteiger partial charge in [0.1, 0.15) is 17.2 Å². The second kappa shape index (κ2) is 7.86. The molecule has 0 amide bonds. The SMILES string of the molecule is CCOC(=O)c1cnc(Nc2cc3c(cn2)cnn3C(C)C)nc1NC1(CO)CC1. The Kier molecular flexibility index (Phi) is 5.25. The van der Waals surface area contributed by atoms with Gasteiger partial charge in [-0.25, -0.2) is 14.8 Å². The van der Waals surface area contributed by atoms with Crippen LogP contribution in [0.4, 0.5) is 17.6 Å². The predicted molar refractivity (Wildman–Crippen MR) is 112 cm³/mol. The zero-order chi connectivity index (χ0) is 21.3. The molecule has 10 nitrogen and oxygen atoms in total. The summed E-state index contributed by atoms with van der Waals surface area (Å²) >= 11 is 0. The summed E-state index contributed by atoms with van der Waals surface area (Å²) in [6.07, 6.45) is 6.54. The average Bonchev–Trinajstić information content (AvgIpc) is 3.36. The number of nitrogens with zero attached hydrogens (tertiary/aromatic N) is 5. The molecule has 3 aromatic rings. The summed E-state index contributed by atoms with van der Waals surface area (Å²) in [6, 6.07) is 2.09. The molecule has 0 aromatic carbocycles. The van der Waals surface area contributed by atoms with E-state index in [2.05, 4.69) is 44.5 Å². The molecule has 1 saturated carbocycles. The fourth-order valence-electron chi connectivity index (χ4n) is 3.15. The van der Waals surface area contributed by atoms with E-state index in [-0.39, 0.29) is 30.8 Å². The van der Waals surface area contributed by atoms with Gasteiger partial charge in [-0.3, -0.25) is 4.68 Å². The molecule has 1 aliphatic rings. The number of aromatic nitrogens is 5. The average molecular weight is 411 g/mol. The van der Waals surface area contributed by atoms with Gasteiger partial charge in [0, 0.05) is 29.9 Å². The number of esters is 1. The minimum Gasteiger partial charge on any atom is -0.462 e. The second-order valence-electron chi connectivity index (χ2n) is 7.68. The Balaban J connectivity index is 1.65. The van der Waals surface area contributed by atoms with Gasteiger partial charge >= 0.3 is 5.97 Å². The van der Waals surface area contributed by atoms with E-state index in [1.165, 1.54) is 6.20 Å². The number of hydrogen-bond donors (Lipinski definition) is 3. The first-order chi connectivity index (χ1) is 14.4. The molecular weight excluding hydrogens is 386 g/mol. The molecule has 30 heavy (non-hydrogen) atoms. The number of aliphatic hydroxyl groups excluding tert-OH is 1. The van der Waals surface area contributed by atoms with Gasteiger partial charge in [0.2, 0.25) is 5.95 Å². The Morgan fingerprint density at radius 2 is 2.10 bits per heavy atom. The minimum absolute atomic E-state index is 0.0422. The van der Waals surface area contributed by atoms with Crippen LogP contribution in [0.2, 0.25) is 0 Å². The summed E-state index contributed by atoms with van der Waals surface area (Å²) in [5.74, 6) is 0.649. The van der Waals surface area contributed by atoms with Gasteiger partial charge in [-0.1, -0.05) is 0 Å². The molecule has 3 heterocycles. The Hall–Kier alpha value is -3.27. The first-order valence-electron chi connectivity index (χ1n) is 9.98. The largest absolute Gasteiger partial charge is 0.462 e. The molecule has 3 aromatic heterocycles. The highest BCUT2D eigenvalue weighted by atomic mass is 16.5. The summed E-state index contributed by atoms with van der Waals surface area (Å²) in [7, 11) is 0. The quantitative estimate of drug-likeness (QED) is 0.479. The maximum Gasteiger partial charge on any atom is 0.343 e. The number of pyridine rings is 1. The maximum absolute atomic E-state index is 12.3. The van der Waals surface area contributed by atoms with Gasteiger partial charge in [0.15, 0.2) is 0 Å². The van der Waals surface area contributed by atoms with Gasteiger partial charge in [-0.15, -0.1) is 0 Å². The van der Waals surface area contributed by atoms with E-state index in [4.69, 9.17) is 4.74 Å². The van der Waals surface area contributed by atoms with Crippen LogP contribution in [0, 0.1) is 0 Å². The van der Waals surface area contributed by atoms with Crippen LogP contribution in [0.5, 0.6) is 0 Å². The van der Waals surface area contributed by atoms with E-state index in [1.54, 1.807) is 19.3 Å². The molecule has 1 fully saturated rings. The van der Waals surface area contributed by atoms with Crippen LogP contribution in [-0.4, -0.2) is 54.6 Å². The first kappa shape index (κ1) is 20.0. The number of carbonyl (C=O) groups excluding carboxylic acids is 1. The van der Waals surface area contributed by atoms with Crippen molar-refractivity contribution in [1.82, 2.24) is 24.7 Å². The molecule has 0 aliphatic heterocycles. The summed E-state index contributed by atoms with van der Waals surface area (Å²) in [5, 5.41) is 21.3. The van der Waals surface area contributed by atoms with Crippen molar-refractivity contribution in [2.45, 2.75) is 45.2 Å². The van der Waals surface area contributed by atoms with Gasteiger partial charge in [-0.05, 0) is 33.6 Å². The van der Waals surface area contributed by atoms with Crippen molar-refractivity contribution < 1.29 is 14.6 Å². The number of fused-ring (bicyclic) bond motifs is 1. The molecule has 0 bridgehead atoms. The van der Waals surface area contributed by atoms with Crippen LogP contribution in [0.15, 0.2) is 24.7 Å². The van der Waals surface area contributed by atoms with E-state index in [0.717, 1.165) is 23.7 Å². The second-order valence-corrected chi connectivity index (χ2v) is 7.68. The number of nitrogens with one attached hydrogen (secondary N) is 2. The Morgan fingerprint density at radius 3 is 2.77 bits per heavy atom. The fraction of sp³-hybridized carbons (Fsp3) is 0.450. The van der Waals surface area contributed by atoms with E-state index in [1.807, 2.05) is 10.7 Å². The molecule has 0 spiro atoms. The standard InChI is InChI=1S/C20H25N7O3/c1-4-30-18(29)14-10-22-19(25-17(14)26-20(11-28)5-6-20)24-16-7-15-13(8-21-16)9-23-27(15)12(2)3/h7-10,12,28H,4-6,11H2,1-3H3,(H2,21,22,24,25,26). The summed E-state index contributed by atoms with van der Waals surface area (Å²) in [4.78, 5) is 25.4. The lowest BCUT2D eigenvalue weighted by Gasteiger charge is -2.18. The van der Waals surface area contributed by atoms with Crippen molar-refractivity contribution in [3.05, 3.63) is 30.2 Å². The van der Waals surface area contributed by atoms with Crippen LogP contribution < -0.4 is 10.6 Å². The van der Waals surface area contributed by atoms with Gasteiger partial charge in [0.25, 0.3) is 0 Å². The van der Waals surface area contributed by atoms with Crippen LogP contribution in [0.25, 0.3) is 10.9 Å². The third-order valence-corrected chi connectivity index (χ3v) is 5.03. The molecule has 4 rings (SSSR count). The van der Waals surface area contributed by atoms with Gasteiger partial charge in [-0.2, -0.15) is 10.1 Å². The first-order valence-corrected chi connectivity index (χ1v) is 9.98. The van der Waals surface area contributed by atoms with Crippen molar-refractivity contribution in [2.24, 2.45) is 0 Å². The molecule has 0 unspecified atom stereocenters. The lowest BCUT2D eigenvalue weighted by Crippen LogP contribution is -2.28. The number of anilines is 3. The minimum atomic E-state index is -0.513. The number of rotatable bonds is 8. The molecular formula is C20H25N7O3. The van der Waals surface area contributed by atoms with E-state index < -0.39 is 11.5 Å². The lowest BCUT2D eigenvalue weighted by molar-refractivity contribution is 0.0526. The monoisotopic (exact) mass is 411 g/mol. The highest BCUT2D eigenvalue weighted by Crippen LogP contribution is 2.38. The zero-order valence-corrected chi connectivity index (χ0v) is 17.2. The highest BCUT2D eigenvalue weighted by Gasteiger charge is 2.43. The van der Waals surface area contributed by atoms with E-state index >= 15 is 0 Å². The molecule has 0 saturated heterocycles. The molecule has 10 heteroatoms. The normalized spacial score (nSPS) is 14.7. The van der Waals surface area contributed by atoms with Crippen molar-refractivity contribution in [2.75, 3.05) is 23.8 Å². The molecule has 3 N–H and O–H groups in total. The highest BCUT2D eigenvalue weighted by molar-refractivity contribution is 5.94. The van der Waals surface area contributed by atoms with E-state index in [9.17, 15) is 9.90 Å². The number of ether oxygens (including phenoxy) is 1. The van der Waals surface area contributed by atoms with Crippen molar-refractivity contribution in [1.29, 1.82) is 0 Å². The molecule has 1 aliphatic carbocycles. The van der Waals surface area contributed by atoms with Gasteiger partial charge in [0.05, 0.1) is 30.5 Å². The summed E-state index contributed by atoms with van der Waals surface area (Å²) in [5.41, 5.74) is 0.720. The molecule has 158 valence electrons. The van der Waals surface area contributed by atoms with Crippen LogP contribution in [0.1, 0.15) is 50.0 Å². The molecule has 0 atom stereocenters. The van der Waals surface area contributed by atoms with Gasteiger partial charge < -0.3 is 20.5 Å². The smallest absolute Gasteiger partial charge is 0.343 e. The third kappa shape index (κ3) is 3.90. The Morgan fingerprint density at radius 1 is 1.30 bits per heavy atom. The Bertz CT molecular complexity index is 1080. The van der Waals surface area contributed by atoms with E-state index in [0.29, 0.717) is 11.6 Å². The zero-order valence-electron chi connectivity index (χ0n) is 17.2. The fourth-order valence-corrected chi connectivity index (χ4v) is 3.15. The van der Waals surface area contributed by atoms with Crippen LogP contribution >= 0.6 is 0 Å². The predicted octanol–water partition coefficient (Wildman–Crippen LogP) is 2.66. The number of hydrogen-bond acceptors (Lipinski definition) is 9. The summed E-state index contributed by atoms with van der Waals surface area (Å²) in [6.45, 7) is 6.06. The topological polar surface area (TPSA) is 127 Å². The van der Waals surface area contributed by atoms with Crippen LogP contribution in [-0.2, 0) is 4.74 Å². The summed E-state index contributed by atoms with van der Waals surface area (Å²) < 4.78 is 7.02. The van der Waals surface area contributed by atoms with Crippen molar-refractivity contribution in [3.8, 4) is 0 Å². The maximum atomic E-state index is 12.3. The Labute approximate surface area is 173 Å². The number of carbonyl (C=O) groups is 1. The van der Waals surface area contributed by atoms with Crippen molar-refractivity contribution in [3.63, 3.8) is 0 Å². The number of aliphatic hydroxyl groups is 1.